The largest absolute Gasteiger partial charge is 0.477 e. The van der Waals surface area contributed by atoms with E-state index in [1.165, 1.54) is 20.2 Å². The summed E-state index contributed by atoms with van der Waals surface area (Å²) in [6, 6.07) is 11.1. The Morgan fingerprint density at radius 1 is 1.17 bits per heavy atom. The predicted molar refractivity (Wildman–Crippen MR) is 90.5 cm³/mol. The standard InChI is InChI=1S/C16H19N3O4S/c1-11(17-15-6-4-5-14(18-15)16(20)21)12-7-9-13(10-8-12)24(22,23)19(2)3/h4-11H,1-3H3,(H,17,18)(H,20,21). The summed E-state index contributed by atoms with van der Waals surface area (Å²) in [5, 5.41) is 12.1. The Morgan fingerprint density at radius 2 is 1.79 bits per heavy atom. The number of sulfonamides is 1. The third kappa shape index (κ3) is 3.90. The van der Waals surface area contributed by atoms with Gasteiger partial charge < -0.3 is 10.4 Å². The average Bonchev–Trinajstić information content (AvgIpc) is 2.55. The molecular weight excluding hydrogens is 330 g/mol. The second-order valence-electron chi connectivity index (χ2n) is 5.44. The van der Waals surface area contributed by atoms with Crippen molar-refractivity contribution >= 4 is 21.8 Å². The van der Waals surface area contributed by atoms with E-state index in [9.17, 15) is 13.2 Å². The molecule has 0 saturated carbocycles. The summed E-state index contributed by atoms with van der Waals surface area (Å²) in [5.41, 5.74) is 0.815. The monoisotopic (exact) mass is 349 g/mol. The van der Waals surface area contributed by atoms with Gasteiger partial charge in [-0.2, -0.15) is 0 Å². The van der Waals surface area contributed by atoms with Gasteiger partial charge in [-0.3, -0.25) is 0 Å². The normalized spacial score (nSPS) is 12.8. The molecule has 8 heteroatoms. The number of aromatic nitrogens is 1. The van der Waals surface area contributed by atoms with Crippen LogP contribution in [0.3, 0.4) is 0 Å². The fourth-order valence-electron chi connectivity index (χ4n) is 2.08. The molecule has 24 heavy (non-hydrogen) atoms. The summed E-state index contributed by atoms with van der Waals surface area (Å²) in [6.45, 7) is 1.88. The van der Waals surface area contributed by atoms with E-state index in [-0.39, 0.29) is 16.6 Å². The lowest BCUT2D eigenvalue weighted by Gasteiger charge is -2.16. The Bertz CT molecular complexity index is 833. The number of pyridine rings is 1. The molecule has 7 nitrogen and oxygen atoms in total. The lowest BCUT2D eigenvalue weighted by atomic mass is 10.1. The highest BCUT2D eigenvalue weighted by atomic mass is 32.2. The number of anilines is 1. The zero-order chi connectivity index (χ0) is 17.9. The molecule has 1 atom stereocenters. The summed E-state index contributed by atoms with van der Waals surface area (Å²) in [4.78, 5) is 15.2. The van der Waals surface area contributed by atoms with Crippen molar-refractivity contribution in [3.63, 3.8) is 0 Å². The summed E-state index contributed by atoms with van der Waals surface area (Å²) in [7, 11) is -0.497. The number of nitrogens with zero attached hydrogens (tertiary/aromatic N) is 2. The molecule has 0 aliphatic carbocycles. The molecule has 1 heterocycles. The molecule has 0 fully saturated rings. The van der Waals surface area contributed by atoms with Crippen molar-refractivity contribution in [1.29, 1.82) is 0 Å². The van der Waals surface area contributed by atoms with Gasteiger partial charge in [-0.15, -0.1) is 0 Å². The molecule has 2 aromatic rings. The quantitative estimate of drug-likeness (QED) is 0.829. The molecular formula is C16H19N3O4S. The van der Waals surface area contributed by atoms with E-state index < -0.39 is 16.0 Å². The molecule has 0 saturated heterocycles. The van der Waals surface area contributed by atoms with E-state index >= 15 is 0 Å². The fraction of sp³-hybridized carbons (Fsp3) is 0.250. The second kappa shape index (κ2) is 6.98. The van der Waals surface area contributed by atoms with E-state index in [2.05, 4.69) is 10.3 Å². The van der Waals surface area contributed by atoms with Gasteiger partial charge in [-0.05, 0) is 36.8 Å². The van der Waals surface area contributed by atoms with Crippen LogP contribution >= 0.6 is 0 Å². The first-order chi connectivity index (χ1) is 11.2. The molecule has 0 aliphatic heterocycles. The minimum atomic E-state index is -3.46. The van der Waals surface area contributed by atoms with Gasteiger partial charge in [-0.25, -0.2) is 22.5 Å². The minimum absolute atomic E-state index is 0.0420. The molecule has 1 aromatic carbocycles. The minimum Gasteiger partial charge on any atom is -0.477 e. The Labute approximate surface area is 141 Å². The smallest absolute Gasteiger partial charge is 0.354 e. The number of hydrogen-bond donors (Lipinski definition) is 2. The van der Waals surface area contributed by atoms with E-state index in [4.69, 9.17) is 5.11 Å². The number of benzene rings is 1. The lowest BCUT2D eigenvalue weighted by Crippen LogP contribution is -2.22. The zero-order valence-electron chi connectivity index (χ0n) is 13.6. The lowest BCUT2D eigenvalue weighted by molar-refractivity contribution is 0.0690. The maximum Gasteiger partial charge on any atom is 0.354 e. The van der Waals surface area contributed by atoms with Crippen LogP contribution in [0, 0.1) is 0 Å². The van der Waals surface area contributed by atoms with Gasteiger partial charge >= 0.3 is 5.97 Å². The SMILES string of the molecule is CC(Nc1cccc(C(=O)O)n1)c1ccc(S(=O)(=O)N(C)C)cc1. The van der Waals surface area contributed by atoms with Crippen molar-refractivity contribution in [3.8, 4) is 0 Å². The van der Waals surface area contributed by atoms with Crippen LogP contribution in [0.2, 0.25) is 0 Å². The first-order valence-electron chi connectivity index (χ1n) is 7.21. The van der Waals surface area contributed by atoms with Gasteiger partial charge in [0.15, 0.2) is 5.69 Å². The third-order valence-electron chi connectivity index (χ3n) is 3.49. The number of hydrogen-bond acceptors (Lipinski definition) is 5. The van der Waals surface area contributed by atoms with Crippen LogP contribution in [0.1, 0.15) is 29.0 Å². The van der Waals surface area contributed by atoms with Crippen LogP contribution in [-0.4, -0.2) is 42.9 Å². The Morgan fingerprint density at radius 3 is 2.33 bits per heavy atom. The highest BCUT2D eigenvalue weighted by Gasteiger charge is 2.17. The highest BCUT2D eigenvalue weighted by Crippen LogP contribution is 2.21. The van der Waals surface area contributed by atoms with Crippen LogP contribution in [0.5, 0.6) is 0 Å². The molecule has 1 unspecified atom stereocenters. The maximum atomic E-state index is 12.1. The van der Waals surface area contributed by atoms with Gasteiger partial charge in [0.2, 0.25) is 10.0 Å². The van der Waals surface area contributed by atoms with Crippen LogP contribution in [0.4, 0.5) is 5.82 Å². The summed E-state index contributed by atoms with van der Waals surface area (Å²) < 4.78 is 25.3. The van der Waals surface area contributed by atoms with Crippen molar-refractivity contribution < 1.29 is 18.3 Å². The molecule has 1 aromatic heterocycles. The molecule has 2 N–H and O–H groups in total. The first-order valence-corrected chi connectivity index (χ1v) is 8.65. The molecule has 2 rings (SSSR count). The van der Waals surface area contributed by atoms with Crippen molar-refractivity contribution in [1.82, 2.24) is 9.29 Å². The highest BCUT2D eigenvalue weighted by molar-refractivity contribution is 7.89. The molecule has 0 aliphatic rings. The number of aromatic carboxylic acids is 1. The van der Waals surface area contributed by atoms with Crippen LogP contribution in [0.15, 0.2) is 47.4 Å². The van der Waals surface area contributed by atoms with Crippen LogP contribution < -0.4 is 5.32 Å². The van der Waals surface area contributed by atoms with Gasteiger partial charge in [-0.1, -0.05) is 18.2 Å². The molecule has 0 amide bonds. The van der Waals surface area contributed by atoms with E-state index in [0.717, 1.165) is 9.87 Å². The molecule has 0 spiro atoms. The number of carboxylic acids is 1. The van der Waals surface area contributed by atoms with Gasteiger partial charge in [0.25, 0.3) is 0 Å². The Balaban J connectivity index is 2.18. The molecule has 0 bridgehead atoms. The van der Waals surface area contributed by atoms with Gasteiger partial charge in [0.1, 0.15) is 5.82 Å². The number of carboxylic acid groups (broad SMARTS) is 1. The summed E-state index contributed by atoms with van der Waals surface area (Å²) in [5.74, 6) is -0.656. The number of carbonyl (C=O) groups is 1. The van der Waals surface area contributed by atoms with Gasteiger partial charge in [0, 0.05) is 20.1 Å². The maximum absolute atomic E-state index is 12.1. The van der Waals surface area contributed by atoms with Gasteiger partial charge in [0.05, 0.1) is 4.90 Å². The fourth-order valence-corrected chi connectivity index (χ4v) is 2.98. The predicted octanol–water partition coefficient (Wildman–Crippen LogP) is 2.20. The number of nitrogens with one attached hydrogen (secondary N) is 1. The molecule has 128 valence electrons. The Kier molecular flexibility index (Phi) is 5.20. The van der Waals surface area contributed by atoms with Crippen LogP contribution in [-0.2, 0) is 10.0 Å². The molecule has 0 radical (unpaired) electrons. The Hall–Kier alpha value is -2.45. The van der Waals surface area contributed by atoms with Crippen molar-refractivity contribution in [2.45, 2.75) is 17.9 Å². The third-order valence-corrected chi connectivity index (χ3v) is 5.32. The van der Waals surface area contributed by atoms with E-state index in [1.807, 2.05) is 6.92 Å². The van der Waals surface area contributed by atoms with Crippen LogP contribution in [0.25, 0.3) is 0 Å². The zero-order valence-corrected chi connectivity index (χ0v) is 14.4. The number of rotatable bonds is 6. The van der Waals surface area contributed by atoms with Crippen molar-refractivity contribution in [3.05, 3.63) is 53.7 Å². The van der Waals surface area contributed by atoms with Crippen molar-refractivity contribution in [2.75, 3.05) is 19.4 Å². The second-order valence-corrected chi connectivity index (χ2v) is 7.59. The summed E-state index contributed by atoms with van der Waals surface area (Å²) in [6.07, 6.45) is 0. The first kappa shape index (κ1) is 17.9. The van der Waals surface area contributed by atoms with Crippen molar-refractivity contribution in [2.24, 2.45) is 0 Å². The summed E-state index contributed by atoms with van der Waals surface area (Å²) >= 11 is 0. The van der Waals surface area contributed by atoms with E-state index in [1.54, 1.807) is 36.4 Å². The topological polar surface area (TPSA) is 99.6 Å². The average molecular weight is 349 g/mol. The van der Waals surface area contributed by atoms with E-state index in [0.29, 0.717) is 5.82 Å².